The number of hydrogen-bond donors (Lipinski definition) is 1. The Bertz CT molecular complexity index is 1240. The van der Waals surface area contributed by atoms with Gasteiger partial charge in [-0.3, -0.25) is 9.48 Å². The fourth-order valence-electron chi connectivity index (χ4n) is 3.52. The zero-order chi connectivity index (χ0) is 22.8. The lowest BCUT2D eigenvalue weighted by Crippen LogP contribution is -2.31. The largest absolute Gasteiger partial charge is 0.301 e. The number of nitrogens with one attached hydrogen (secondary N) is 1. The molecule has 0 saturated heterocycles. The van der Waals surface area contributed by atoms with Gasteiger partial charge in [0.1, 0.15) is 5.82 Å². The average molecular weight is 463 g/mol. The number of aryl methyl sites for hydroxylation is 2. The lowest BCUT2D eigenvalue weighted by atomic mass is 10.1. The van der Waals surface area contributed by atoms with Crippen LogP contribution in [0.25, 0.3) is 22.8 Å². The maximum Gasteiger partial charge on any atom is 0.257 e. The van der Waals surface area contributed by atoms with Gasteiger partial charge < -0.3 is 4.57 Å². The van der Waals surface area contributed by atoms with Crippen LogP contribution in [0.3, 0.4) is 0 Å². The Labute approximate surface area is 187 Å². The van der Waals surface area contributed by atoms with Crippen LogP contribution in [0.15, 0.2) is 36.5 Å². The van der Waals surface area contributed by atoms with E-state index in [4.69, 9.17) is 11.6 Å². The second-order valence-electron chi connectivity index (χ2n) is 7.99. The van der Waals surface area contributed by atoms with Crippen LogP contribution < -0.4 is 4.72 Å². The van der Waals surface area contributed by atoms with Crippen molar-refractivity contribution in [3.63, 3.8) is 0 Å². The Balaban J connectivity index is 1.84. The maximum absolute atomic E-state index is 12.3. The van der Waals surface area contributed by atoms with Gasteiger partial charge in [-0.15, -0.1) is 0 Å². The van der Waals surface area contributed by atoms with Gasteiger partial charge in [0.15, 0.2) is 0 Å². The first-order valence-corrected chi connectivity index (χ1v) is 12.1. The molecule has 3 rings (SSSR count). The van der Waals surface area contributed by atoms with Gasteiger partial charge in [0.25, 0.3) is 5.91 Å². The Morgan fingerprint density at radius 3 is 2.74 bits per heavy atom. The minimum atomic E-state index is -3.66. The summed E-state index contributed by atoms with van der Waals surface area (Å²) in [6, 6.07) is 7.57. The maximum atomic E-state index is 12.3. The number of rotatable bonds is 8. The molecule has 166 valence electrons. The van der Waals surface area contributed by atoms with Crippen LogP contribution in [0, 0.1) is 12.8 Å². The molecule has 3 aromatic rings. The molecule has 2 heterocycles. The van der Waals surface area contributed by atoms with Crippen molar-refractivity contribution in [2.45, 2.75) is 33.6 Å². The van der Waals surface area contributed by atoms with Gasteiger partial charge in [-0.25, -0.2) is 13.1 Å². The summed E-state index contributed by atoms with van der Waals surface area (Å²) in [5, 5.41) is 6.10. The number of benzene rings is 1. The number of fused-ring (bicyclic) bond motifs is 1. The molecule has 0 radical (unpaired) electrons. The van der Waals surface area contributed by atoms with E-state index in [0.29, 0.717) is 17.4 Å². The second kappa shape index (κ2) is 9.28. The normalized spacial score (nSPS) is 12.3. The molecule has 0 unspecified atom stereocenters. The molecular formula is C22H27ClN4O3S. The summed E-state index contributed by atoms with van der Waals surface area (Å²) in [6.45, 7) is 5.90. The molecule has 1 N–H and O–H groups in total. The van der Waals surface area contributed by atoms with E-state index < -0.39 is 15.9 Å². The first-order chi connectivity index (χ1) is 14.6. The van der Waals surface area contributed by atoms with Crippen molar-refractivity contribution in [1.82, 2.24) is 19.1 Å². The minimum Gasteiger partial charge on any atom is -0.301 e. The predicted octanol–water partition coefficient (Wildman–Crippen LogP) is 4.22. The monoisotopic (exact) mass is 462 g/mol. The van der Waals surface area contributed by atoms with E-state index in [0.717, 1.165) is 34.4 Å². The Morgan fingerprint density at radius 2 is 2.03 bits per heavy atom. The average Bonchev–Trinajstić information content (AvgIpc) is 3.18. The van der Waals surface area contributed by atoms with Gasteiger partial charge >= 0.3 is 0 Å². The van der Waals surface area contributed by atoms with Crippen LogP contribution in [-0.2, 0) is 21.9 Å². The van der Waals surface area contributed by atoms with Gasteiger partial charge in [-0.05, 0) is 56.0 Å². The van der Waals surface area contributed by atoms with Crippen molar-refractivity contribution in [1.29, 1.82) is 0 Å². The van der Waals surface area contributed by atoms with E-state index in [9.17, 15) is 13.2 Å². The van der Waals surface area contributed by atoms with E-state index in [-0.39, 0.29) is 5.75 Å². The van der Waals surface area contributed by atoms with Crippen molar-refractivity contribution in [2.24, 2.45) is 13.0 Å². The lowest BCUT2D eigenvalue weighted by molar-refractivity contribution is -0.114. The minimum absolute atomic E-state index is 0.0696. The molecule has 0 bridgehead atoms. The first kappa shape index (κ1) is 23.1. The fourth-order valence-corrected chi connectivity index (χ4v) is 4.72. The van der Waals surface area contributed by atoms with Gasteiger partial charge in [0.05, 0.1) is 17.0 Å². The number of halogens is 1. The third-order valence-corrected chi connectivity index (χ3v) is 6.54. The highest BCUT2D eigenvalue weighted by molar-refractivity contribution is 7.90. The molecule has 0 aliphatic rings. The summed E-state index contributed by atoms with van der Waals surface area (Å²) in [6.07, 6.45) is 6.04. The van der Waals surface area contributed by atoms with Crippen LogP contribution in [0.4, 0.5) is 0 Å². The Morgan fingerprint density at radius 1 is 1.29 bits per heavy atom. The topological polar surface area (TPSA) is 86.0 Å². The van der Waals surface area contributed by atoms with E-state index in [1.165, 1.54) is 6.08 Å². The summed E-state index contributed by atoms with van der Waals surface area (Å²) in [4.78, 5) is 12.3. The lowest BCUT2D eigenvalue weighted by Gasteiger charge is -2.08. The summed E-state index contributed by atoms with van der Waals surface area (Å²) in [5.41, 5.74) is 2.39. The fraction of sp³-hybridized carbons (Fsp3) is 0.364. The number of amides is 1. The van der Waals surface area contributed by atoms with Crippen LogP contribution in [0.2, 0.25) is 5.02 Å². The number of carbonyl (C=O) groups is 1. The van der Waals surface area contributed by atoms with E-state index in [1.807, 2.05) is 62.8 Å². The highest BCUT2D eigenvalue weighted by Gasteiger charge is 2.17. The number of carbonyl (C=O) groups excluding carboxylic acids is 1. The van der Waals surface area contributed by atoms with Crippen LogP contribution in [0.1, 0.15) is 37.9 Å². The van der Waals surface area contributed by atoms with Crippen LogP contribution in [-0.4, -0.2) is 34.4 Å². The first-order valence-electron chi connectivity index (χ1n) is 10.1. The highest BCUT2D eigenvalue weighted by Crippen LogP contribution is 2.27. The summed E-state index contributed by atoms with van der Waals surface area (Å²) >= 11 is 6.09. The Hall–Kier alpha value is -2.58. The van der Waals surface area contributed by atoms with E-state index in [2.05, 4.69) is 9.82 Å². The molecule has 0 fully saturated rings. The van der Waals surface area contributed by atoms with Crippen molar-refractivity contribution in [3.05, 3.63) is 52.8 Å². The van der Waals surface area contributed by atoms with Gasteiger partial charge in [0, 0.05) is 35.3 Å². The molecule has 9 heteroatoms. The SMILES string of the molecule is Cc1nn(C)c(-n2ccc3cc(Cl)ccc32)c1C=CC(=O)NS(=O)(=O)CCCC(C)C. The summed E-state index contributed by atoms with van der Waals surface area (Å²) in [7, 11) is -1.84. The molecule has 1 aromatic carbocycles. The molecule has 1 amide bonds. The quantitative estimate of drug-likeness (QED) is 0.508. The number of hydrogen-bond acceptors (Lipinski definition) is 4. The number of aromatic nitrogens is 3. The van der Waals surface area contributed by atoms with Crippen molar-refractivity contribution in [2.75, 3.05) is 5.75 Å². The molecule has 0 spiro atoms. The highest BCUT2D eigenvalue weighted by atomic mass is 35.5. The summed E-state index contributed by atoms with van der Waals surface area (Å²) in [5.74, 6) is 0.431. The molecule has 0 saturated carbocycles. The molecule has 31 heavy (non-hydrogen) atoms. The van der Waals surface area contributed by atoms with Gasteiger partial charge in [-0.1, -0.05) is 25.4 Å². The molecular weight excluding hydrogens is 436 g/mol. The van der Waals surface area contributed by atoms with Crippen molar-refractivity contribution < 1.29 is 13.2 Å². The number of nitrogens with zero attached hydrogens (tertiary/aromatic N) is 3. The smallest absolute Gasteiger partial charge is 0.257 e. The zero-order valence-corrected chi connectivity index (χ0v) is 19.7. The molecule has 0 atom stereocenters. The Kier molecular flexibility index (Phi) is 6.91. The van der Waals surface area contributed by atoms with Crippen molar-refractivity contribution >= 4 is 44.5 Å². The van der Waals surface area contributed by atoms with Gasteiger partial charge in [0.2, 0.25) is 10.0 Å². The molecule has 0 aliphatic carbocycles. The van der Waals surface area contributed by atoms with E-state index in [1.54, 1.807) is 10.8 Å². The molecule has 7 nitrogen and oxygen atoms in total. The third kappa shape index (κ3) is 5.57. The third-order valence-electron chi connectivity index (χ3n) is 4.97. The van der Waals surface area contributed by atoms with Crippen LogP contribution in [0.5, 0.6) is 0 Å². The standard InChI is InChI=1S/C22H27ClN4O3S/c1-15(2)6-5-13-31(29,30)25-21(28)10-8-19-16(3)24-26(4)22(19)27-12-11-17-14-18(23)7-9-20(17)27/h7-12,14-15H,5-6,13H2,1-4H3,(H,25,28). The van der Waals surface area contributed by atoms with Crippen molar-refractivity contribution in [3.8, 4) is 5.82 Å². The van der Waals surface area contributed by atoms with Gasteiger partial charge in [-0.2, -0.15) is 5.10 Å². The second-order valence-corrected chi connectivity index (χ2v) is 10.3. The molecule has 2 aromatic heterocycles. The molecule has 0 aliphatic heterocycles. The van der Waals surface area contributed by atoms with E-state index >= 15 is 0 Å². The summed E-state index contributed by atoms with van der Waals surface area (Å²) < 4.78 is 30.1. The predicted molar refractivity (Wildman–Crippen MR) is 125 cm³/mol. The number of sulfonamides is 1. The van der Waals surface area contributed by atoms with Crippen LogP contribution >= 0.6 is 11.6 Å². The zero-order valence-electron chi connectivity index (χ0n) is 18.1.